The molecule has 1 unspecified atom stereocenters. The van der Waals surface area contributed by atoms with Crippen molar-refractivity contribution >= 4 is 0 Å². The fourth-order valence-corrected chi connectivity index (χ4v) is 2.11. The normalized spacial score (nSPS) is 13.4. The molecule has 0 radical (unpaired) electrons. The maximum atomic E-state index is 12.6. The largest absolute Gasteiger partial charge is 0.462 e. The van der Waals surface area contributed by atoms with Crippen LogP contribution in [-0.2, 0) is 17.5 Å². The fourth-order valence-electron chi connectivity index (χ4n) is 2.11. The minimum absolute atomic E-state index is 0.308. The van der Waals surface area contributed by atoms with E-state index in [0.717, 1.165) is 12.1 Å². The van der Waals surface area contributed by atoms with Gasteiger partial charge in [-0.1, -0.05) is 12.1 Å². The van der Waals surface area contributed by atoms with Crippen molar-refractivity contribution in [2.75, 3.05) is 14.2 Å². The highest BCUT2D eigenvalue weighted by molar-refractivity contribution is 5.31. The van der Waals surface area contributed by atoms with Gasteiger partial charge < -0.3 is 14.5 Å². The van der Waals surface area contributed by atoms with E-state index in [1.807, 2.05) is 0 Å². The van der Waals surface area contributed by atoms with Gasteiger partial charge >= 0.3 is 6.18 Å². The second-order valence-corrected chi connectivity index (χ2v) is 4.58. The monoisotopic (exact) mass is 299 g/mol. The number of hydrogen-bond donors (Lipinski definition) is 1. The molecule has 21 heavy (non-hydrogen) atoms. The van der Waals surface area contributed by atoms with Crippen LogP contribution in [0.25, 0.3) is 0 Å². The maximum Gasteiger partial charge on any atom is 0.416 e. The average molecular weight is 299 g/mol. The van der Waals surface area contributed by atoms with Gasteiger partial charge in [-0.05, 0) is 36.9 Å². The van der Waals surface area contributed by atoms with Crippen LogP contribution in [-0.4, -0.2) is 14.2 Å². The number of rotatable bonds is 5. The van der Waals surface area contributed by atoms with E-state index in [-0.39, 0.29) is 6.04 Å². The minimum Gasteiger partial charge on any atom is -0.462 e. The molecule has 1 aromatic heterocycles. The summed E-state index contributed by atoms with van der Waals surface area (Å²) in [6.45, 7) is 0.351. The molecule has 0 spiro atoms. The van der Waals surface area contributed by atoms with E-state index >= 15 is 0 Å². The number of nitrogens with one attached hydrogen (secondary N) is 1. The van der Waals surface area contributed by atoms with Crippen molar-refractivity contribution in [3.05, 3.63) is 59.0 Å². The highest BCUT2D eigenvalue weighted by Gasteiger charge is 2.30. The molecular weight excluding hydrogens is 283 g/mol. The Hall–Kier alpha value is -1.79. The molecule has 0 aliphatic rings. The second kappa shape index (κ2) is 6.32. The van der Waals surface area contributed by atoms with Crippen molar-refractivity contribution in [2.24, 2.45) is 0 Å². The zero-order valence-electron chi connectivity index (χ0n) is 11.7. The topological polar surface area (TPSA) is 34.4 Å². The highest BCUT2D eigenvalue weighted by atomic mass is 19.4. The Morgan fingerprint density at radius 3 is 2.33 bits per heavy atom. The van der Waals surface area contributed by atoms with Crippen LogP contribution < -0.4 is 5.32 Å². The van der Waals surface area contributed by atoms with Gasteiger partial charge in [0.05, 0.1) is 11.6 Å². The van der Waals surface area contributed by atoms with Crippen LogP contribution in [0.15, 0.2) is 40.8 Å². The first-order valence-electron chi connectivity index (χ1n) is 6.37. The molecule has 114 valence electrons. The Bertz CT molecular complexity index is 575. The molecule has 1 aromatic carbocycles. The Balaban J connectivity index is 2.24. The van der Waals surface area contributed by atoms with Crippen molar-refractivity contribution in [3.63, 3.8) is 0 Å². The van der Waals surface area contributed by atoms with E-state index in [1.165, 1.54) is 12.1 Å². The lowest BCUT2D eigenvalue weighted by atomic mass is 10.0. The predicted molar refractivity (Wildman–Crippen MR) is 71.8 cm³/mol. The minimum atomic E-state index is -4.33. The molecule has 1 atom stereocenters. The van der Waals surface area contributed by atoms with E-state index in [9.17, 15) is 13.2 Å². The molecule has 1 N–H and O–H groups in total. The quantitative estimate of drug-likeness (QED) is 0.913. The van der Waals surface area contributed by atoms with Crippen LogP contribution in [0.4, 0.5) is 13.2 Å². The molecule has 2 rings (SSSR count). The van der Waals surface area contributed by atoms with Gasteiger partial charge in [0.1, 0.15) is 18.1 Å². The zero-order valence-corrected chi connectivity index (χ0v) is 11.7. The SMILES string of the molecule is CNC(c1ccc(C(F)(F)F)cc1)c1ccc(COC)o1. The first-order valence-corrected chi connectivity index (χ1v) is 6.37. The first-order chi connectivity index (χ1) is 9.95. The van der Waals surface area contributed by atoms with Crippen LogP contribution in [0.2, 0.25) is 0 Å². The average Bonchev–Trinajstić information content (AvgIpc) is 2.88. The number of alkyl halides is 3. The predicted octanol–water partition coefficient (Wildman–Crippen LogP) is 3.75. The van der Waals surface area contributed by atoms with Crippen LogP contribution in [0.5, 0.6) is 0 Å². The van der Waals surface area contributed by atoms with E-state index in [4.69, 9.17) is 9.15 Å². The molecule has 0 saturated carbocycles. The summed E-state index contributed by atoms with van der Waals surface area (Å²) in [5.41, 5.74) is 0.0319. The highest BCUT2D eigenvalue weighted by Crippen LogP contribution is 2.31. The molecule has 6 heteroatoms. The Labute approximate surface area is 120 Å². The molecule has 3 nitrogen and oxygen atoms in total. The fraction of sp³-hybridized carbons (Fsp3) is 0.333. The molecule has 0 saturated heterocycles. The summed E-state index contributed by atoms with van der Waals surface area (Å²) in [6.07, 6.45) is -4.33. The summed E-state index contributed by atoms with van der Waals surface area (Å²) in [5.74, 6) is 1.30. The van der Waals surface area contributed by atoms with Crippen molar-refractivity contribution in [3.8, 4) is 0 Å². The number of hydrogen-bond acceptors (Lipinski definition) is 3. The number of furan rings is 1. The van der Waals surface area contributed by atoms with E-state index < -0.39 is 11.7 Å². The lowest BCUT2D eigenvalue weighted by Gasteiger charge is -2.15. The molecule has 0 aliphatic carbocycles. The number of benzene rings is 1. The molecule has 0 amide bonds. The van der Waals surface area contributed by atoms with Crippen LogP contribution in [0.3, 0.4) is 0 Å². The number of halogens is 3. The summed E-state index contributed by atoms with van der Waals surface area (Å²) < 4.78 is 48.3. The van der Waals surface area contributed by atoms with Gasteiger partial charge in [0.2, 0.25) is 0 Å². The van der Waals surface area contributed by atoms with E-state index in [2.05, 4.69) is 5.32 Å². The molecule has 1 heterocycles. The van der Waals surface area contributed by atoms with Crippen LogP contribution in [0, 0.1) is 0 Å². The number of methoxy groups -OCH3 is 1. The van der Waals surface area contributed by atoms with E-state index in [1.54, 1.807) is 26.3 Å². The zero-order chi connectivity index (χ0) is 15.5. The van der Waals surface area contributed by atoms with Gasteiger partial charge in [-0.25, -0.2) is 0 Å². The van der Waals surface area contributed by atoms with Gasteiger partial charge in [0, 0.05) is 7.11 Å². The maximum absolute atomic E-state index is 12.6. The lowest BCUT2D eigenvalue weighted by molar-refractivity contribution is -0.137. The van der Waals surface area contributed by atoms with Crippen molar-refractivity contribution in [1.29, 1.82) is 0 Å². The summed E-state index contributed by atoms with van der Waals surface area (Å²) in [7, 11) is 3.29. The van der Waals surface area contributed by atoms with Crippen molar-refractivity contribution in [1.82, 2.24) is 5.32 Å². The molecule has 0 fully saturated rings. The first kappa shape index (κ1) is 15.6. The summed E-state index contributed by atoms with van der Waals surface area (Å²) >= 11 is 0. The van der Waals surface area contributed by atoms with Gasteiger partial charge in [-0.15, -0.1) is 0 Å². The third-order valence-electron chi connectivity index (χ3n) is 3.11. The summed E-state index contributed by atoms with van der Waals surface area (Å²) in [4.78, 5) is 0. The third-order valence-corrected chi connectivity index (χ3v) is 3.11. The van der Waals surface area contributed by atoms with Crippen LogP contribution >= 0.6 is 0 Å². The molecule has 0 bridgehead atoms. The van der Waals surface area contributed by atoms with Crippen LogP contribution in [0.1, 0.15) is 28.7 Å². The van der Waals surface area contributed by atoms with Gasteiger partial charge in [0.25, 0.3) is 0 Å². The Kier molecular flexibility index (Phi) is 4.69. The van der Waals surface area contributed by atoms with Crippen molar-refractivity contribution in [2.45, 2.75) is 18.8 Å². The second-order valence-electron chi connectivity index (χ2n) is 4.58. The Morgan fingerprint density at radius 1 is 1.14 bits per heavy atom. The smallest absolute Gasteiger partial charge is 0.416 e. The molecule has 0 aliphatic heterocycles. The van der Waals surface area contributed by atoms with Gasteiger partial charge in [-0.3, -0.25) is 0 Å². The Morgan fingerprint density at radius 2 is 1.81 bits per heavy atom. The summed E-state index contributed by atoms with van der Waals surface area (Å²) in [5, 5.41) is 3.03. The van der Waals surface area contributed by atoms with Gasteiger partial charge in [-0.2, -0.15) is 13.2 Å². The molecular formula is C15H16F3NO2. The van der Waals surface area contributed by atoms with Crippen molar-refractivity contribution < 1.29 is 22.3 Å². The van der Waals surface area contributed by atoms with E-state index in [0.29, 0.717) is 23.7 Å². The number of ether oxygens (including phenoxy) is 1. The van der Waals surface area contributed by atoms with Gasteiger partial charge in [0.15, 0.2) is 0 Å². The summed E-state index contributed by atoms with van der Waals surface area (Å²) in [6, 6.07) is 8.29. The standard InChI is InChI=1S/C15H16F3NO2/c1-19-14(13-8-7-12(21-13)9-20-2)10-3-5-11(6-4-10)15(16,17)18/h3-8,14,19H,9H2,1-2H3. The lowest BCUT2D eigenvalue weighted by Crippen LogP contribution is -2.17. The molecule has 2 aromatic rings. The third kappa shape index (κ3) is 3.65.